The topological polar surface area (TPSA) is 134 Å². The van der Waals surface area contributed by atoms with Crippen molar-refractivity contribution in [3.05, 3.63) is 69.7 Å². The van der Waals surface area contributed by atoms with Crippen LogP contribution in [0, 0.1) is 26.6 Å². The number of carbonyl (C=O) groups excluding carboxylic acids is 1. The summed E-state index contributed by atoms with van der Waals surface area (Å²) in [5.41, 5.74) is 0.867. The van der Waals surface area contributed by atoms with Crippen LogP contribution in [0.5, 0.6) is 5.88 Å². The summed E-state index contributed by atoms with van der Waals surface area (Å²) in [6, 6.07) is 6.77. The fourth-order valence-electron chi connectivity index (χ4n) is 4.26. The van der Waals surface area contributed by atoms with E-state index in [1.165, 1.54) is 40.1 Å². The van der Waals surface area contributed by atoms with Gasteiger partial charge in [-0.1, -0.05) is 22.9 Å². The van der Waals surface area contributed by atoms with Crippen LogP contribution in [0.15, 0.2) is 45.3 Å². The van der Waals surface area contributed by atoms with Crippen molar-refractivity contribution in [1.29, 1.82) is 0 Å². The highest BCUT2D eigenvalue weighted by molar-refractivity contribution is 7.91. The maximum atomic E-state index is 15.3. The normalized spacial score (nSPS) is 15.9. The summed E-state index contributed by atoms with van der Waals surface area (Å²) in [4.78, 5) is 17.9. The van der Waals surface area contributed by atoms with Crippen molar-refractivity contribution >= 4 is 31.5 Å². The van der Waals surface area contributed by atoms with E-state index in [0.29, 0.717) is 0 Å². The zero-order valence-corrected chi connectivity index (χ0v) is 22.3. The van der Waals surface area contributed by atoms with Crippen LogP contribution in [0.25, 0.3) is 0 Å². The Bertz CT molecular complexity index is 1670. The molecular weight excluding hydrogens is 525 g/mol. The van der Waals surface area contributed by atoms with Crippen molar-refractivity contribution in [2.24, 2.45) is 12.2 Å². The lowest BCUT2D eigenvalue weighted by Crippen LogP contribution is -2.26. The predicted octanol–water partition coefficient (Wildman–Crippen LogP) is 3.01. The van der Waals surface area contributed by atoms with Gasteiger partial charge >= 0.3 is 10.1 Å². The average molecular weight is 550 g/mol. The molecule has 37 heavy (non-hydrogen) atoms. The summed E-state index contributed by atoms with van der Waals surface area (Å²) in [6.07, 6.45) is -0.0316. The van der Waals surface area contributed by atoms with Gasteiger partial charge in [-0.25, -0.2) is 17.5 Å². The Hall–Kier alpha value is -3.58. The van der Waals surface area contributed by atoms with Crippen LogP contribution in [0.2, 0.25) is 0 Å². The Morgan fingerprint density at radius 3 is 2.43 bits per heavy atom. The van der Waals surface area contributed by atoms with Gasteiger partial charge in [0.25, 0.3) is 0 Å². The molecule has 4 rings (SSSR count). The first-order chi connectivity index (χ1) is 17.3. The number of ketones is 1. The van der Waals surface area contributed by atoms with Crippen molar-refractivity contribution in [1.82, 2.24) is 9.78 Å². The lowest BCUT2D eigenvalue weighted by Gasteiger charge is -2.22. The maximum absolute atomic E-state index is 15.3. The second-order valence-electron chi connectivity index (χ2n) is 8.59. The number of rotatable bonds is 6. The summed E-state index contributed by atoms with van der Waals surface area (Å²) in [7, 11) is -5.64. The Morgan fingerprint density at radius 1 is 1.16 bits per heavy atom. The molecule has 0 saturated heterocycles. The minimum atomic E-state index is -4.34. The van der Waals surface area contributed by atoms with Crippen LogP contribution in [0.3, 0.4) is 0 Å². The Labute approximate surface area is 213 Å². The van der Waals surface area contributed by atoms with Crippen LogP contribution < -0.4 is 4.18 Å². The zero-order chi connectivity index (χ0) is 27.3. The molecular formula is C24H24FN3O7S2. The molecule has 1 aliphatic rings. The van der Waals surface area contributed by atoms with Gasteiger partial charge in [-0.3, -0.25) is 4.79 Å². The second-order valence-corrected chi connectivity index (χ2v) is 12.2. The van der Waals surface area contributed by atoms with Crippen LogP contribution in [-0.4, -0.2) is 51.0 Å². The van der Waals surface area contributed by atoms with Crippen LogP contribution in [0.1, 0.15) is 44.7 Å². The summed E-state index contributed by atoms with van der Waals surface area (Å²) < 4.78 is 72.9. The number of hydrogen-bond donors (Lipinski definition) is 0. The van der Waals surface area contributed by atoms with E-state index in [9.17, 15) is 21.6 Å². The van der Waals surface area contributed by atoms with Crippen LogP contribution in [-0.2, 0) is 31.8 Å². The molecule has 1 aromatic heterocycles. The number of oxime groups is 1. The third-order valence-electron chi connectivity index (χ3n) is 6.04. The van der Waals surface area contributed by atoms with Gasteiger partial charge in [0.05, 0.1) is 17.2 Å². The van der Waals surface area contributed by atoms with Crippen LogP contribution in [0.4, 0.5) is 4.39 Å². The fourth-order valence-corrected chi connectivity index (χ4v) is 6.83. The molecule has 0 radical (unpaired) electrons. The number of aryl methyl sites for hydroxylation is 3. The summed E-state index contributed by atoms with van der Waals surface area (Å²) in [5.74, 6) is -2.64. The third kappa shape index (κ3) is 4.64. The largest absolute Gasteiger partial charge is 0.399 e. The highest BCUT2D eigenvalue weighted by Crippen LogP contribution is 2.35. The van der Waals surface area contributed by atoms with E-state index in [1.807, 2.05) is 0 Å². The maximum Gasteiger partial charge on any atom is 0.340 e. The third-order valence-corrected chi connectivity index (χ3v) is 9.03. The first-order valence-electron chi connectivity index (χ1n) is 11.0. The number of carbonyl (C=O) groups is 1. The standard InChI is InChI=1S/C24H24FN3O7S2/c1-13-6-8-16(9-7-13)37(32,33)35-24-21(15(3)26-28(24)4)22(29)17-12-18(25)23-20(14(17)2)19(27-34-5)10-11-36(23,30)31/h6-9,12H,10-11H2,1-5H3. The van der Waals surface area contributed by atoms with Gasteiger partial charge in [0.2, 0.25) is 11.7 Å². The van der Waals surface area contributed by atoms with E-state index >= 15 is 4.39 Å². The molecule has 10 nitrogen and oxygen atoms in total. The Morgan fingerprint density at radius 2 is 1.81 bits per heavy atom. The van der Waals surface area contributed by atoms with Gasteiger partial charge in [-0.05, 0) is 44.5 Å². The molecule has 0 atom stereocenters. The van der Waals surface area contributed by atoms with E-state index in [-0.39, 0.29) is 56.6 Å². The zero-order valence-electron chi connectivity index (χ0n) is 20.7. The number of hydrogen-bond acceptors (Lipinski definition) is 9. The number of aromatic nitrogens is 2. The SMILES string of the molecule is CON=C1CCS(=O)(=O)c2c(F)cc(C(=O)c3c(C)nn(C)c3OS(=O)(=O)c3ccc(C)cc3)c(C)c21. The minimum absolute atomic E-state index is 0.0316. The van der Waals surface area contributed by atoms with Gasteiger partial charge in [0.1, 0.15) is 28.3 Å². The van der Waals surface area contributed by atoms with Gasteiger partial charge in [-0.2, -0.15) is 13.5 Å². The summed E-state index contributed by atoms with van der Waals surface area (Å²) >= 11 is 0. The van der Waals surface area contributed by atoms with Gasteiger partial charge in [0, 0.05) is 24.6 Å². The van der Waals surface area contributed by atoms with Gasteiger partial charge < -0.3 is 9.02 Å². The molecule has 0 N–H and O–H groups in total. The molecule has 3 aromatic rings. The second kappa shape index (κ2) is 9.38. The highest BCUT2D eigenvalue weighted by atomic mass is 32.2. The van der Waals surface area contributed by atoms with E-state index < -0.39 is 36.5 Å². The van der Waals surface area contributed by atoms with E-state index in [1.54, 1.807) is 19.1 Å². The molecule has 0 amide bonds. The lowest BCUT2D eigenvalue weighted by molar-refractivity contribution is 0.103. The number of benzene rings is 2. The smallest absolute Gasteiger partial charge is 0.340 e. The van der Waals surface area contributed by atoms with Crippen molar-refractivity contribution in [3.63, 3.8) is 0 Å². The highest BCUT2D eigenvalue weighted by Gasteiger charge is 2.36. The molecule has 0 unspecified atom stereocenters. The Kier molecular flexibility index (Phi) is 6.71. The van der Waals surface area contributed by atoms with Crippen molar-refractivity contribution < 1.29 is 35.0 Å². The molecule has 13 heteroatoms. The lowest BCUT2D eigenvalue weighted by atomic mass is 9.92. The quantitative estimate of drug-likeness (QED) is 0.260. The molecule has 0 spiro atoms. The van der Waals surface area contributed by atoms with E-state index in [2.05, 4.69) is 10.3 Å². The van der Waals surface area contributed by atoms with Gasteiger partial charge in [0.15, 0.2) is 9.84 Å². The molecule has 0 saturated carbocycles. The van der Waals surface area contributed by atoms with Crippen molar-refractivity contribution in [2.75, 3.05) is 12.9 Å². The molecule has 2 heterocycles. The molecule has 0 bridgehead atoms. The number of fused-ring (bicyclic) bond motifs is 1. The summed E-state index contributed by atoms with van der Waals surface area (Å²) in [5, 5.41) is 7.98. The van der Waals surface area contributed by atoms with E-state index in [0.717, 1.165) is 16.3 Å². The summed E-state index contributed by atoms with van der Waals surface area (Å²) in [6.45, 7) is 4.74. The fraction of sp³-hybridized carbons (Fsp3) is 0.292. The molecule has 0 fully saturated rings. The monoisotopic (exact) mass is 549 g/mol. The first kappa shape index (κ1) is 26.5. The molecule has 1 aliphatic heterocycles. The van der Waals surface area contributed by atoms with Crippen molar-refractivity contribution in [2.45, 2.75) is 37.0 Å². The number of nitrogens with zero attached hydrogens (tertiary/aromatic N) is 3. The average Bonchev–Trinajstić information content (AvgIpc) is 3.09. The first-order valence-corrected chi connectivity index (χ1v) is 14.1. The molecule has 196 valence electrons. The van der Waals surface area contributed by atoms with E-state index in [4.69, 9.17) is 9.02 Å². The van der Waals surface area contributed by atoms with Crippen molar-refractivity contribution in [3.8, 4) is 5.88 Å². The minimum Gasteiger partial charge on any atom is -0.399 e. The number of sulfone groups is 1. The predicted molar refractivity (Wildman–Crippen MR) is 132 cm³/mol. The molecule has 2 aromatic carbocycles. The van der Waals surface area contributed by atoms with Crippen LogP contribution >= 0.6 is 0 Å². The van der Waals surface area contributed by atoms with Gasteiger partial charge in [-0.15, -0.1) is 0 Å². The number of halogens is 1. The molecule has 0 aliphatic carbocycles. The Balaban J connectivity index is 1.88.